The molecule has 0 unspecified atom stereocenters. The van der Waals surface area contributed by atoms with Gasteiger partial charge in [0.25, 0.3) is 0 Å². The van der Waals surface area contributed by atoms with Crippen molar-refractivity contribution in [3.8, 4) is 17.2 Å². The summed E-state index contributed by atoms with van der Waals surface area (Å²) in [7, 11) is 4.67. The molecule has 1 N–H and O–H groups in total. The van der Waals surface area contributed by atoms with Crippen LogP contribution in [0.5, 0.6) is 17.2 Å². The number of nitrogens with one attached hydrogen (secondary N) is 1. The van der Waals surface area contributed by atoms with E-state index in [1.54, 1.807) is 45.2 Å². The second-order valence-electron chi connectivity index (χ2n) is 5.59. The van der Waals surface area contributed by atoms with Crippen molar-refractivity contribution >= 4 is 23.7 Å². The Kier molecular flexibility index (Phi) is 8.58. The minimum absolute atomic E-state index is 0.146. The fraction of sp³-hybridized carbons (Fsp3) is 0.286. The molecular formula is C21H25NO4S. The van der Waals surface area contributed by atoms with Gasteiger partial charge in [-0.2, -0.15) is 11.8 Å². The van der Waals surface area contributed by atoms with Crippen LogP contribution in [0.25, 0.3) is 6.08 Å². The van der Waals surface area contributed by atoms with E-state index in [0.29, 0.717) is 23.8 Å². The van der Waals surface area contributed by atoms with Crippen LogP contribution in [0.15, 0.2) is 48.5 Å². The molecule has 2 aromatic rings. The van der Waals surface area contributed by atoms with Gasteiger partial charge in [0.1, 0.15) is 0 Å². The molecule has 0 bridgehead atoms. The normalized spacial score (nSPS) is 10.6. The zero-order valence-corrected chi connectivity index (χ0v) is 16.7. The van der Waals surface area contributed by atoms with Gasteiger partial charge in [-0.25, -0.2) is 0 Å². The molecule has 0 saturated heterocycles. The zero-order valence-electron chi connectivity index (χ0n) is 15.9. The molecule has 0 spiro atoms. The van der Waals surface area contributed by atoms with Crippen LogP contribution < -0.4 is 19.5 Å². The van der Waals surface area contributed by atoms with Gasteiger partial charge in [-0.1, -0.05) is 30.3 Å². The van der Waals surface area contributed by atoms with Crippen LogP contribution >= 0.6 is 11.8 Å². The first-order chi connectivity index (χ1) is 13.2. The molecular weight excluding hydrogens is 362 g/mol. The Bertz CT molecular complexity index is 762. The molecule has 2 rings (SSSR count). The highest BCUT2D eigenvalue weighted by molar-refractivity contribution is 7.98. The summed E-state index contributed by atoms with van der Waals surface area (Å²) in [6.07, 6.45) is 3.19. The average Bonchev–Trinajstić information content (AvgIpc) is 2.71. The van der Waals surface area contributed by atoms with Gasteiger partial charge in [-0.15, -0.1) is 0 Å². The molecule has 1 amide bonds. The number of amides is 1. The van der Waals surface area contributed by atoms with Crippen LogP contribution in [-0.2, 0) is 10.5 Å². The van der Waals surface area contributed by atoms with Gasteiger partial charge in [0.15, 0.2) is 11.5 Å². The monoisotopic (exact) mass is 387 g/mol. The molecule has 0 saturated carbocycles. The molecule has 144 valence electrons. The molecule has 5 nitrogen and oxygen atoms in total. The Balaban J connectivity index is 1.84. The molecule has 27 heavy (non-hydrogen) atoms. The molecule has 0 aromatic heterocycles. The largest absolute Gasteiger partial charge is 0.493 e. The molecule has 0 radical (unpaired) electrons. The highest BCUT2D eigenvalue weighted by Gasteiger charge is 2.14. The Hall–Kier alpha value is -2.60. The Morgan fingerprint density at radius 1 is 1.00 bits per heavy atom. The van der Waals surface area contributed by atoms with Crippen molar-refractivity contribution < 1.29 is 19.0 Å². The third-order valence-corrected chi connectivity index (χ3v) is 4.84. The first-order valence-corrected chi connectivity index (χ1v) is 9.71. The van der Waals surface area contributed by atoms with E-state index in [1.165, 1.54) is 11.6 Å². The van der Waals surface area contributed by atoms with Crippen LogP contribution in [-0.4, -0.2) is 39.5 Å². The van der Waals surface area contributed by atoms with Crippen LogP contribution in [0.2, 0.25) is 0 Å². The standard InChI is InChI=1S/C21H25NO4S/c1-24-18-11-9-17(20(25-2)21(18)26-3)10-12-19(23)22-13-14-27-15-16-7-5-4-6-8-16/h4-12H,13-15H2,1-3H3,(H,22,23). The van der Waals surface area contributed by atoms with Crippen molar-refractivity contribution in [1.82, 2.24) is 5.32 Å². The van der Waals surface area contributed by atoms with Crippen molar-refractivity contribution in [3.63, 3.8) is 0 Å². The van der Waals surface area contributed by atoms with Crippen LogP contribution in [0.4, 0.5) is 0 Å². The van der Waals surface area contributed by atoms with E-state index in [1.807, 2.05) is 24.3 Å². The number of hydrogen-bond acceptors (Lipinski definition) is 5. The number of rotatable bonds is 10. The quantitative estimate of drug-likeness (QED) is 0.497. The Morgan fingerprint density at radius 2 is 1.74 bits per heavy atom. The molecule has 6 heteroatoms. The molecule has 0 fully saturated rings. The van der Waals surface area contributed by atoms with Crippen LogP contribution in [0.1, 0.15) is 11.1 Å². The predicted molar refractivity (Wildman–Crippen MR) is 111 cm³/mol. The van der Waals surface area contributed by atoms with Gasteiger partial charge in [0.2, 0.25) is 11.7 Å². The number of ether oxygens (including phenoxy) is 3. The first-order valence-electron chi connectivity index (χ1n) is 8.56. The SMILES string of the molecule is COc1ccc(C=CC(=O)NCCSCc2ccccc2)c(OC)c1OC. The van der Waals surface area contributed by atoms with Crippen molar-refractivity contribution in [3.05, 3.63) is 59.7 Å². The molecule has 0 atom stereocenters. The number of benzene rings is 2. The number of carbonyl (C=O) groups is 1. The summed E-state index contributed by atoms with van der Waals surface area (Å²) < 4.78 is 16.0. The molecule has 0 aliphatic carbocycles. The second-order valence-corrected chi connectivity index (χ2v) is 6.69. The Morgan fingerprint density at radius 3 is 2.41 bits per heavy atom. The molecule has 2 aromatic carbocycles. The van der Waals surface area contributed by atoms with E-state index in [-0.39, 0.29) is 5.91 Å². The lowest BCUT2D eigenvalue weighted by Crippen LogP contribution is -2.23. The minimum Gasteiger partial charge on any atom is -0.493 e. The molecule has 0 aliphatic rings. The summed E-state index contributed by atoms with van der Waals surface area (Å²) in [6, 6.07) is 13.9. The summed E-state index contributed by atoms with van der Waals surface area (Å²) in [5.74, 6) is 3.25. The van der Waals surface area contributed by atoms with E-state index in [9.17, 15) is 4.79 Å². The van der Waals surface area contributed by atoms with Crippen LogP contribution in [0, 0.1) is 0 Å². The van der Waals surface area contributed by atoms with Gasteiger partial charge < -0.3 is 19.5 Å². The lowest BCUT2D eigenvalue weighted by atomic mass is 10.1. The van der Waals surface area contributed by atoms with Crippen molar-refractivity contribution in [2.45, 2.75) is 5.75 Å². The number of hydrogen-bond donors (Lipinski definition) is 1. The first kappa shape index (κ1) is 20.7. The van der Waals surface area contributed by atoms with Crippen LogP contribution in [0.3, 0.4) is 0 Å². The van der Waals surface area contributed by atoms with Crippen molar-refractivity contribution in [1.29, 1.82) is 0 Å². The maximum absolute atomic E-state index is 12.0. The summed E-state index contributed by atoms with van der Waals surface area (Å²) in [5.41, 5.74) is 2.03. The minimum atomic E-state index is -0.146. The Labute approximate surface area is 164 Å². The van der Waals surface area contributed by atoms with Gasteiger partial charge in [-0.3, -0.25) is 4.79 Å². The van der Waals surface area contributed by atoms with E-state index >= 15 is 0 Å². The van der Waals surface area contributed by atoms with E-state index in [4.69, 9.17) is 14.2 Å². The van der Waals surface area contributed by atoms with E-state index in [2.05, 4.69) is 17.4 Å². The number of thioether (sulfide) groups is 1. The predicted octanol–water partition coefficient (Wildman–Crippen LogP) is 3.78. The highest BCUT2D eigenvalue weighted by Crippen LogP contribution is 2.40. The summed E-state index contributed by atoms with van der Waals surface area (Å²) in [4.78, 5) is 12.0. The third-order valence-electron chi connectivity index (χ3n) is 3.81. The number of carbonyl (C=O) groups excluding carboxylic acids is 1. The van der Waals surface area contributed by atoms with Gasteiger partial charge in [0.05, 0.1) is 21.3 Å². The summed E-state index contributed by atoms with van der Waals surface area (Å²) >= 11 is 1.79. The lowest BCUT2D eigenvalue weighted by molar-refractivity contribution is -0.116. The smallest absolute Gasteiger partial charge is 0.244 e. The summed E-state index contributed by atoms with van der Waals surface area (Å²) in [6.45, 7) is 0.615. The maximum Gasteiger partial charge on any atom is 0.244 e. The van der Waals surface area contributed by atoms with E-state index < -0.39 is 0 Å². The summed E-state index contributed by atoms with van der Waals surface area (Å²) in [5, 5.41) is 2.88. The topological polar surface area (TPSA) is 56.8 Å². The number of methoxy groups -OCH3 is 3. The van der Waals surface area contributed by atoms with E-state index in [0.717, 1.165) is 17.1 Å². The van der Waals surface area contributed by atoms with Gasteiger partial charge in [0, 0.05) is 29.7 Å². The van der Waals surface area contributed by atoms with Gasteiger partial charge in [-0.05, 0) is 23.8 Å². The highest BCUT2D eigenvalue weighted by atomic mass is 32.2. The maximum atomic E-state index is 12.0. The lowest BCUT2D eigenvalue weighted by Gasteiger charge is -2.13. The van der Waals surface area contributed by atoms with Crippen molar-refractivity contribution in [2.24, 2.45) is 0 Å². The average molecular weight is 388 g/mol. The second kappa shape index (κ2) is 11.2. The third kappa shape index (κ3) is 6.25. The fourth-order valence-corrected chi connectivity index (χ4v) is 3.31. The molecule has 0 aliphatic heterocycles. The fourth-order valence-electron chi connectivity index (χ4n) is 2.49. The zero-order chi connectivity index (χ0) is 19.5. The van der Waals surface area contributed by atoms with Crippen molar-refractivity contribution in [2.75, 3.05) is 33.6 Å². The molecule has 0 heterocycles. The van der Waals surface area contributed by atoms with Gasteiger partial charge >= 0.3 is 0 Å².